The van der Waals surface area contributed by atoms with Crippen molar-refractivity contribution in [1.82, 2.24) is 69.2 Å². The number of pyridine rings is 4. The van der Waals surface area contributed by atoms with Crippen molar-refractivity contribution >= 4 is 11.3 Å². The van der Waals surface area contributed by atoms with Gasteiger partial charge in [0.25, 0.3) is 0 Å². The Morgan fingerprint density at radius 1 is 0.511 bits per heavy atom. The van der Waals surface area contributed by atoms with E-state index in [1.165, 1.54) is 0 Å². The van der Waals surface area contributed by atoms with E-state index in [0.717, 1.165) is 33.8 Å². The van der Waals surface area contributed by atoms with Crippen LogP contribution < -0.4 is 0 Å². The van der Waals surface area contributed by atoms with Crippen molar-refractivity contribution < 1.29 is 31.3 Å². The smallest absolute Gasteiger partial charge is 0.186 e. The minimum atomic E-state index is 0. The van der Waals surface area contributed by atoms with Crippen LogP contribution in [0.4, 0.5) is 0 Å². The van der Waals surface area contributed by atoms with Gasteiger partial charge in [0, 0.05) is 57.0 Å². The van der Waals surface area contributed by atoms with Crippen molar-refractivity contribution in [2.24, 2.45) is 0 Å². The van der Waals surface area contributed by atoms with Crippen LogP contribution in [0.1, 0.15) is 0 Å². The monoisotopic (exact) mass is 809 g/mol. The Bertz CT molecular complexity index is 2050. The topological polar surface area (TPSA) is 188 Å². The van der Waals surface area contributed by atoms with E-state index < -0.39 is 0 Å². The molecule has 0 aliphatic heterocycles. The van der Waals surface area contributed by atoms with Gasteiger partial charge < -0.3 is 10.2 Å². The Balaban J connectivity index is 0.000000161. The molecule has 0 amide bonds. The van der Waals surface area contributed by atoms with Crippen LogP contribution in [0.3, 0.4) is 0 Å². The van der Waals surface area contributed by atoms with E-state index in [1.807, 2.05) is 81.9 Å². The maximum atomic E-state index is 8.91. The van der Waals surface area contributed by atoms with Gasteiger partial charge in [-0.2, -0.15) is 0 Å². The molecule has 8 aromatic rings. The summed E-state index contributed by atoms with van der Waals surface area (Å²) in [6, 6.07) is 19.1. The Morgan fingerprint density at radius 3 is 1.38 bits per heavy atom. The van der Waals surface area contributed by atoms with E-state index >= 15 is 0 Å². The van der Waals surface area contributed by atoms with Crippen LogP contribution in [0.15, 0.2) is 97.8 Å². The third kappa shape index (κ3) is 6.70. The second kappa shape index (κ2) is 14.2. The summed E-state index contributed by atoms with van der Waals surface area (Å²) in [4.78, 5) is 8.91. The van der Waals surface area contributed by atoms with Crippen molar-refractivity contribution in [2.75, 3.05) is 13.2 Å². The van der Waals surface area contributed by atoms with Gasteiger partial charge in [-0.25, -0.2) is 9.36 Å². The van der Waals surface area contributed by atoms with E-state index in [4.69, 9.17) is 10.2 Å². The normalized spacial score (nSPS) is 10.9. The Kier molecular flexibility index (Phi) is 9.52. The zero-order valence-electron chi connectivity index (χ0n) is 24.5. The molecule has 8 heterocycles. The molecule has 0 aliphatic carbocycles. The van der Waals surface area contributed by atoms with Crippen LogP contribution in [0.5, 0.6) is 0 Å². The zero-order valence-corrected chi connectivity index (χ0v) is 26.8. The number of hydrogen-bond acceptors (Lipinski definition) is 12. The molecule has 0 aliphatic rings. The number of nitrogens with zero attached hydrogens (tertiary/aromatic N) is 14. The number of aliphatic hydroxyl groups is 2. The molecule has 0 aromatic carbocycles. The number of fused-ring (bicyclic) bond motifs is 2. The fourth-order valence-corrected chi connectivity index (χ4v) is 4.67. The predicted molar refractivity (Wildman–Crippen MR) is 165 cm³/mol. The van der Waals surface area contributed by atoms with Crippen LogP contribution in [0.2, 0.25) is 0 Å². The van der Waals surface area contributed by atoms with Gasteiger partial charge in [-0.1, -0.05) is 22.6 Å². The Morgan fingerprint density at radius 2 is 0.979 bits per heavy atom. The van der Waals surface area contributed by atoms with Crippen LogP contribution >= 0.6 is 0 Å². The van der Waals surface area contributed by atoms with Crippen molar-refractivity contribution in [3.63, 3.8) is 0 Å². The Labute approximate surface area is 280 Å². The molecule has 47 heavy (non-hydrogen) atoms. The van der Waals surface area contributed by atoms with Gasteiger partial charge in [0.1, 0.15) is 22.8 Å². The van der Waals surface area contributed by atoms with Gasteiger partial charge >= 0.3 is 0 Å². The summed E-state index contributed by atoms with van der Waals surface area (Å²) in [7, 11) is 0. The number of aliphatic hydroxyl groups excluding tert-OH is 2. The molecule has 0 saturated carbocycles. The van der Waals surface area contributed by atoms with E-state index in [0.29, 0.717) is 36.1 Å². The van der Waals surface area contributed by atoms with E-state index in [9.17, 15) is 0 Å². The summed E-state index contributed by atoms with van der Waals surface area (Å²) >= 11 is 0. The van der Waals surface area contributed by atoms with E-state index in [-0.39, 0.29) is 34.3 Å². The maximum Gasteiger partial charge on any atom is 0.186 e. The fourth-order valence-electron chi connectivity index (χ4n) is 4.67. The van der Waals surface area contributed by atoms with Gasteiger partial charge in [-0.15, -0.1) is 30.6 Å². The van der Waals surface area contributed by atoms with Gasteiger partial charge in [-0.3, -0.25) is 18.8 Å². The molecule has 0 spiro atoms. The fraction of sp³-hybridized carbons (Fsp3) is 0.133. The number of rotatable bonds is 8. The largest absolute Gasteiger partial charge is 0.394 e. The summed E-state index contributed by atoms with van der Waals surface area (Å²) in [6.07, 6.45) is 10.8. The molecule has 8 aromatic heterocycles. The van der Waals surface area contributed by atoms with Crippen molar-refractivity contribution in [1.29, 1.82) is 0 Å². The first-order valence-corrected chi connectivity index (χ1v) is 14.3. The van der Waals surface area contributed by atoms with Crippen molar-refractivity contribution in [2.45, 2.75) is 13.1 Å². The first kappa shape index (κ1) is 31.4. The third-order valence-corrected chi connectivity index (χ3v) is 6.94. The summed E-state index contributed by atoms with van der Waals surface area (Å²) in [5, 5.41) is 50.5. The predicted octanol–water partition coefficient (Wildman–Crippen LogP) is 2.08. The summed E-state index contributed by atoms with van der Waals surface area (Å²) < 4.78 is 6.96. The maximum absolute atomic E-state index is 8.91. The molecule has 0 atom stereocenters. The van der Waals surface area contributed by atoms with Gasteiger partial charge in [0.2, 0.25) is 0 Å². The average molecular weight is 810 g/mol. The van der Waals surface area contributed by atoms with Gasteiger partial charge in [0.15, 0.2) is 22.9 Å². The summed E-state index contributed by atoms with van der Waals surface area (Å²) in [5.74, 6) is 1.38. The molecule has 238 valence electrons. The molecule has 8 rings (SSSR count). The van der Waals surface area contributed by atoms with Gasteiger partial charge in [-0.05, 0) is 48.5 Å². The molecule has 2 N–H and O–H groups in total. The first-order valence-electron chi connectivity index (χ1n) is 14.3. The molecular formula is C30H26N14O2Pt. The van der Waals surface area contributed by atoms with E-state index in [1.54, 1.807) is 34.2 Å². The SMILES string of the molecule is OCCn1cc(-c2ccc(-c3nnc4ccccn34)nc2)nn1.OCCn1cc(-c2ccc(-c3nnc4ccccn34)nc2)nn1.[Pt]. The first-order chi connectivity index (χ1) is 22.7. The van der Waals surface area contributed by atoms with Crippen molar-refractivity contribution in [3.8, 4) is 45.6 Å². The summed E-state index contributed by atoms with van der Waals surface area (Å²) in [6.45, 7) is 0.897. The van der Waals surface area contributed by atoms with Crippen LogP contribution in [0.25, 0.3) is 56.8 Å². The molecule has 0 bridgehead atoms. The van der Waals surface area contributed by atoms with E-state index in [2.05, 4.69) is 51.0 Å². The van der Waals surface area contributed by atoms with Gasteiger partial charge in [0.05, 0.1) is 38.7 Å². The minimum absolute atomic E-state index is 0. The molecule has 0 radical (unpaired) electrons. The molecular weight excluding hydrogens is 784 g/mol. The standard InChI is InChI=1S/2C15H13N7O.Pt/c2*23-8-7-21-10-13(17-20-21)11-4-5-12(16-9-11)15-19-18-14-3-1-2-6-22(14)15;/h2*1-6,9-10,23H,7-8H2;. The van der Waals surface area contributed by atoms with Crippen molar-refractivity contribution in [3.05, 3.63) is 97.8 Å². The molecule has 0 unspecified atom stereocenters. The quantitative estimate of drug-likeness (QED) is 0.228. The third-order valence-electron chi connectivity index (χ3n) is 6.94. The number of hydrogen-bond donors (Lipinski definition) is 2. The Hall–Kier alpha value is -5.57. The minimum Gasteiger partial charge on any atom is -0.394 e. The second-order valence-corrected chi connectivity index (χ2v) is 9.95. The molecule has 0 saturated heterocycles. The average Bonchev–Trinajstić information content (AvgIpc) is 3.92. The molecule has 0 fully saturated rings. The zero-order chi connectivity index (χ0) is 31.3. The second-order valence-electron chi connectivity index (χ2n) is 9.95. The molecule has 16 nitrogen and oxygen atoms in total. The number of aromatic nitrogens is 14. The van der Waals surface area contributed by atoms with Crippen LogP contribution in [-0.2, 0) is 34.2 Å². The summed E-state index contributed by atoms with van der Waals surface area (Å²) in [5.41, 5.74) is 6.15. The molecule has 17 heteroatoms. The van der Waals surface area contributed by atoms with Crippen LogP contribution in [0, 0.1) is 0 Å². The van der Waals surface area contributed by atoms with Crippen LogP contribution in [-0.4, -0.2) is 92.6 Å².